The van der Waals surface area contributed by atoms with Crippen LogP contribution >= 0.6 is 10.1 Å². The zero-order valence-electron chi connectivity index (χ0n) is 34.3. The molecule has 10 aromatic rings. The topological polar surface area (TPSA) is 88.5 Å². The van der Waals surface area contributed by atoms with Crippen molar-refractivity contribution >= 4 is 53.7 Å². The molecule has 0 aliphatic rings. The van der Waals surface area contributed by atoms with Crippen LogP contribution in [0, 0.1) is 0 Å². The first-order chi connectivity index (χ1) is 30.5. The molecule has 0 aliphatic heterocycles. The minimum absolute atomic E-state index is 0.829. The third-order valence-electron chi connectivity index (χ3n) is 10.6. The van der Waals surface area contributed by atoms with Crippen molar-refractivity contribution in [2.45, 2.75) is 0 Å². The molecular weight excluding hydrogens is 844 g/mol. The standard InChI is InChI=1S/2C26H20N2O2.ClH.Cu/c2*1-29-21-11-5-17(6-12-21)23-15-9-19-3-4-20-10-16-24(28-26(20)25(19)27-23)18-7-13-22(30-2)14-8-18;;/h2*3-16H,1-2H3;1H;/q;;;+1/p-1. The van der Waals surface area contributed by atoms with Crippen molar-refractivity contribution < 1.29 is 34.0 Å². The Labute approximate surface area is 372 Å². The van der Waals surface area contributed by atoms with Gasteiger partial charge in [-0.1, -0.05) is 48.5 Å². The molecule has 6 aromatic carbocycles. The SMILES string of the molecule is COc1ccc(-c2ccc3ccc4ccc(-c5ccc(OC)cc5)nc4c3n2)cc1.COc1ccc(-c2ccc3ccc4ccc(-c5ccc(OC)cc5)nc4c3n2)cc1.[Cl][Cu]. The number of aromatic nitrogens is 4. The summed E-state index contributed by atoms with van der Waals surface area (Å²) in [5.41, 5.74) is 11.4. The average Bonchev–Trinajstić information content (AvgIpc) is 3.36. The van der Waals surface area contributed by atoms with Gasteiger partial charge >= 0.3 is 25.2 Å². The fraction of sp³-hybridized carbons (Fsp3) is 0.0769. The number of rotatable bonds is 8. The van der Waals surface area contributed by atoms with E-state index < -0.39 is 0 Å². The van der Waals surface area contributed by atoms with Crippen molar-refractivity contribution in [3.63, 3.8) is 0 Å². The predicted octanol–water partition coefficient (Wildman–Crippen LogP) is 13.0. The maximum atomic E-state index is 5.26. The van der Waals surface area contributed by atoms with Gasteiger partial charge in [-0.2, -0.15) is 0 Å². The van der Waals surface area contributed by atoms with Crippen LogP contribution in [-0.2, 0) is 15.1 Å². The molecule has 8 nitrogen and oxygen atoms in total. The minimum atomic E-state index is 0.829. The second kappa shape index (κ2) is 19.1. The number of methoxy groups -OCH3 is 4. The fourth-order valence-corrected chi connectivity index (χ4v) is 7.23. The molecule has 62 heavy (non-hydrogen) atoms. The van der Waals surface area contributed by atoms with E-state index in [0.717, 1.165) is 112 Å². The van der Waals surface area contributed by atoms with E-state index in [-0.39, 0.29) is 0 Å². The summed E-state index contributed by atoms with van der Waals surface area (Å²) in [5.74, 6) is 3.32. The number of benzene rings is 6. The third kappa shape index (κ3) is 8.87. The summed E-state index contributed by atoms with van der Waals surface area (Å²) in [6, 6.07) is 56.7. The van der Waals surface area contributed by atoms with Crippen LogP contribution in [0.3, 0.4) is 0 Å². The predicted molar refractivity (Wildman–Crippen MR) is 248 cm³/mol. The number of nitrogens with zero attached hydrogens (tertiary/aromatic N) is 4. The van der Waals surface area contributed by atoms with Crippen molar-refractivity contribution in [3.05, 3.63) is 170 Å². The Morgan fingerprint density at radius 2 is 0.452 bits per heavy atom. The monoisotopic (exact) mass is 882 g/mol. The van der Waals surface area contributed by atoms with Gasteiger partial charge in [0, 0.05) is 43.8 Å². The van der Waals surface area contributed by atoms with Gasteiger partial charge in [-0.25, -0.2) is 19.9 Å². The molecule has 0 amide bonds. The summed E-state index contributed by atoms with van der Waals surface area (Å²) >= 11 is 3.66. The number of pyridine rings is 4. The quantitative estimate of drug-likeness (QED) is 0.110. The van der Waals surface area contributed by atoms with Crippen molar-refractivity contribution in [1.29, 1.82) is 0 Å². The first-order valence-electron chi connectivity index (χ1n) is 19.6. The van der Waals surface area contributed by atoms with Crippen molar-refractivity contribution in [2.24, 2.45) is 0 Å². The second-order valence-electron chi connectivity index (χ2n) is 14.1. The van der Waals surface area contributed by atoms with E-state index in [4.69, 9.17) is 38.9 Å². The Bertz CT molecular complexity index is 2700. The van der Waals surface area contributed by atoms with E-state index in [2.05, 4.69) is 73.7 Å². The number of hydrogen-bond donors (Lipinski definition) is 0. The molecule has 0 saturated carbocycles. The normalized spacial score (nSPS) is 10.8. The van der Waals surface area contributed by atoms with Crippen LogP contribution in [0.2, 0.25) is 0 Å². The van der Waals surface area contributed by atoms with Gasteiger partial charge in [0.15, 0.2) is 0 Å². The van der Waals surface area contributed by atoms with Crippen LogP contribution < -0.4 is 18.9 Å². The molecule has 0 fully saturated rings. The van der Waals surface area contributed by atoms with Crippen molar-refractivity contribution in [3.8, 4) is 68.0 Å². The Morgan fingerprint density at radius 3 is 0.629 bits per heavy atom. The molecule has 10 rings (SSSR count). The molecule has 4 heterocycles. The van der Waals surface area contributed by atoms with Crippen molar-refractivity contribution in [1.82, 2.24) is 19.9 Å². The molecule has 310 valence electrons. The molecule has 10 heteroatoms. The van der Waals surface area contributed by atoms with Crippen LogP contribution in [0.25, 0.3) is 88.6 Å². The van der Waals surface area contributed by atoms with E-state index in [0.29, 0.717) is 0 Å². The summed E-state index contributed by atoms with van der Waals surface area (Å²) < 4.78 is 21.1. The molecule has 0 N–H and O–H groups in total. The number of hydrogen-bond acceptors (Lipinski definition) is 8. The van der Waals surface area contributed by atoms with Crippen LogP contribution in [0.5, 0.6) is 23.0 Å². The zero-order chi connectivity index (χ0) is 43.0. The van der Waals surface area contributed by atoms with Gasteiger partial charge in [-0.05, 0) is 121 Å². The number of ether oxygens (including phenoxy) is 4. The molecule has 0 aliphatic carbocycles. The first kappa shape index (κ1) is 41.7. The number of fused-ring (bicyclic) bond motifs is 6. The molecule has 0 unspecified atom stereocenters. The molecule has 0 spiro atoms. The van der Waals surface area contributed by atoms with E-state index in [1.165, 1.54) is 0 Å². The summed E-state index contributed by atoms with van der Waals surface area (Å²) in [7, 11) is 10.9. The van der Waals surface area contributed by atoms with Gasteiger partial charge in [0.1, 0.15) is 23.0 Å². The van der Waals surface area contributed by atoms with Gasteiger partial charge in [0.25, 0.3) is 0 Å². The average molecular weight is 884 g/mol. The number of halogens is 1. The summed E-state index contributed by atoms with van der Waals surface area (Å²) in [5, 5.41) is 4.27. The fourth-order valence-electron chi connectivity index (χ4n) is 7.23. The Balaban J connectivity index is 0.000000164. The second-order valence-corrected chi connectivity index (χ2v) is 14.1. The first-order valence-corrected chi connectivity index (χ1v) is 20.9. The van der Waals surface area contributed by atoms with Crippen LogP contribution in [0.4, 0.5) is 0 Å². The Hall–Kier alpha value is -7.03. The molecule has 0 radical (unpaired) electrons. The molecule has 0 saturated heterocycles. The van der Waals surface area contributed by atoms with Crippen LogP contribution in [0.15, 0.2) is 170 Å². The Kier molecular flexibility index (Phi) is 12.9. The molecule has 0 bridgehead atoms. The Morgan fingerprint density at radius 1 is 0.274 bits per heavy atom. The van der Waals surface area contributed by atoms with Gasteiger partial charge in [0.2, 0.25) is 0 Å². The van der Waals surface area contributed by atoms with Crippen LogP contribution in [-0.4, -0.2) is 48.4 Å². The third-order valence-corrected chi connectivity index (χ3v) is 10.6. The molecule has 0 atom stereocenters. The van der Waals surface area contributed by atoms with E-state index in [9.17, 15) is 0 Å². The molecule has 4 aromatic heterocycles. The summed E-state index contributed by atoms with van der Waals surface area (Å²) in [4.78, 5) is 19.9. The van der Waals surface area contributed by atoms with E-state index in [1.807, 2.05) is 121 Å². The zero-order valence-corrected chi connectivity index (χ0v) is 36.0. The molecular formula is C52H40ClCuN4O4. The van der Waals surface area contributed by atoms with Gasteiger partial charge in [-0.3, -0.25) is 0 Å². The van der Waals surface area contributed by atoms with Gasteiger partial charge < -0.3 is 18.9 Å². The summed E-state index contributed by atoms with van der Waals surface area (Å²) in [6.45, 7) is 0. The van der Waals surface area contributed by atoms with Gasteiger partial charge in [-0.15, -0.1) is 0 Å². The van der Waals surface area contributed by atoms with Gasteiger partial charge in [0.05, 0.1) is 73.3 Å². The van der Waals surface area contributed by atoms with E-state index in [1.54, 1.807) is 28.4 Å². The van der Waals surface area contributed by atoms with Crippen LogP contribution in [0.1, 0.15) is 0 Å². The summed E-state index contributed by atoms with van der Waals surface area (Å²) in [6.07, 6.45) is 0. The maximum absolute atomic E-state index is 5.26. The van der Waals surface area contributed by atoms with Crippen molar-refractivity contribution in [2.75, 3.05) is 28.4 Å². The van der Waals surface area contributed by atoms with E-state index >= 15 is 0 Å².